The van der Waals surface area contributed by atoms with Crippen LogP contribution < -0.4 is 5.32 Å². The zero-order valence-electron chi connectivity index (χ0n) is 14.8. The quantitative estimate of drug-likeness (QED) is 0.815. The van der Waals surface area contributed by atoms with E-state index < -0.39 is 0 Å². The van der Waals surface area contributed by atoms with Gasteiger partial charge in [0.05, 0.1) is 6.04 Å². The van der Waals surface area contributed by atoms with Crippen molar-refractivity contribution in [2.24, 2.45) is 5.92 Å². The van der Waals surface area contributed by atoms with Crippen LogP contribution >= 0.6 is 15.9 Å². The lowest BCUT2D eigenvalue weighted by Gasteiger charge is -2.32. The van der Waals surface area contributed by atoms with E-state index >= 15 is 0 Å². The number of hydrogen-bond donors (Lipinski definition) is 1. The second-order valence-electron chi connectivity index (χ2n) is 6.71. The van der Waals surface area contributed by atoms with Crippen molar-refractivity contribution in [1.82, 2.24) is 10.2 Å². The number of piperidine rings is 1. The predicted molar refractivity (Wildman–Crippen MR) is 106 cm³/mol. The number of nitrogens with zero attached hydrogens (tertiary/aromatic N) is 1. The van der Waals surface area contributed by atoms with Gasteiger partial charge in [-0.05, 0) is 49.6 Å². The third-order valence-corrected chi connectivity index (χ3v) is 5.43. The first-order valence-corrected chi connectivity index (χ1v) is 9.74. The number of hydrogen-bond acceptors (Lipinski definition) is 2. The summed E-state index contributed by atoms with van der Waals surface area (Å²) in [4.78, 5) is 26.9. The fourth-order valence-electron chi connectivity index (χ4n) is 3.28. The van der Waals surface area contributed by atoms with Crippen LogP contribution in [0.4, 0.5) is 0 Å². The summed E-state index contributed by atoms with van der Waals surface area (Å²) in [5.74, 6) is 0.0845. The molecule has 1 atom stereocenters. The summed E-state index contributed by atoms with van der Waals surface area (Å²) in [5, 5.41) is 3.10. The molecule has 0 radical (unpaired) electrons. The molecule has 1 aliphatic heterocycles. The Morgan fingerprint density at radius 2 is 1.65 bits per heavy atom. The molecule has 5 heteroatoms. The molecule has 1 fully saturated rings. The van der Waals surface area contributed by atoms with E-state index in [2.05, 4.69) is 21.2 Å². The van der Waals surface area contributed by atoms with Gasteiger partial charge < -0.3 is 10.2 Å². The van der Waals surface area contributed by atoms with E-state index in [1.807, 2.05) is 66.4 Å². The average molecular weight is 415 g/mol. The lowest BCUT2D eigenvalue weighted by molar-refractivity contribution is -0.126. The van der Waals surface area contributed by atoms with Crippen molar-refractivity contribution in [3.8, 4) is 0 Å². The molecule has 1 unspecified atom stereocenters. The molecule has 4 nitrogen and oxygen atoms in total. The van der Waals surface area contributed by atoms with Crippen molar-refractivity contribution < 1.29 is 9.59 Å². The highest BCUT2D eigenvalue weighted by atomic mass is 79.9. The lowest BCUT2D eigenvalue weighted by atomic mass is 9.94. The van der Waals surface area contributed by atoms with Gasteiger partial charge >= 0.3 is 0 Å². The Kier molecular flexibility index (Phi) is 6.09. The Balaban J connectivity index is 1.52. The van der Waals surface area contributed by atoms with Crippen LogP contribution in [-0.4, -0.2) is 29.8 Å². The van der Waals surface area contributed by atoms with Crippen LogP contribution in [0.2, 0.25) is 0 Å². The molecule has 2 amide bonds. The first-order valence-electron chi connectivity index (χ1n) is 8.95. The highest BCUT2D eigenvalue weighted by Crippen LogP contribution is 2.21. The van der Waals surface area contributed by atoms with Crippen molar-refractivity contribution in [3.63, 3.8) is 0 Å². The van der Waals surface area contributed by atoms with Crippen LogP contribution in [-0.2, 0) is 4.79 Å². The number of nitrogens with one attached hydrogen (secondary N) is 1. The number of carbonyl (C=O) groups is 2. The van der Waals surface area contributed by atoms with Crippen LogP contribution in [0, 0.1) is 5.92 Å². The molecular formula is C21H23BrN2O2. The van der Waals surface area contributed by atoms with E-state index in [-0.39, 0.29) is 23.8 Å². The maximum absolute atomic E-state index is 12.6. The summed E-state index contributed by atoms with van der Waals surface area (Å²) in [6, 6.07) is 17.3. The number of carbonyl (C=O) groups excluding carboxylic acids is 2. The van der Waals surface area contributed by atoms with E-state index in [0.29, 0.717) is 31.5 Å². The maximum atomic E-state index is 12.6. The molecule has 136 valence electrons. The van der Waals surface area contributed by atoms with E-state index in [4.69, 9.17) is 0 Å². The van der Waals surface area contributed by atoms with Gasteiger partial charge in [-0.2, -0.15) is 0 Å². The average Bonchev–Trinajstić information content (AvgIpc) is 2.69. The van der Waals surface area contributed by atoms with Crippen LogP contribution in [0.3, 0.4) is 0 Å². The van der Waals surface area contributed by atoms with Gasteiger partial charge in [-0.1, -0.05) is 46.3 Å². The van der Waals surface area contributed by atoms with Crippen molar-refractivity contribution in [2.45, 2.75) is 25.8 Å². The smallest absolute Gasteiger partial charge is 0.253 e. The Labute approximate surface area is 162 Å². The van der Waals surface area contributed by atoms with Crippen molar-refractivity contribution >= 4 is 27.7 Å². The molecule has 1 heterocycles. The summed E-state index contributed by atoms with van der Waals surface area (Å²) < 4.78 is 0.956. The molecular weight excluding hydrogens is 392 g/mol. The van der Waals surface area contributed by atoms with E-state index in [9.17, 15) is 9.59 Å². The lowest BCUT2D eigenvalue weighted by Crippen LogP contribution is -2.43. The number of halogens is 1. The zero-order valence-corrected chi connectivity index (χ0v) is 16.4. The van der Waals surface area contributed by atoms with Crippen LogP contribution in [0.15, 0.2) is 59.1 Å². The predicted octanol–water partition coefficient (Wildman–Crippen LogP) is 4.18. The van der Waals surface area contributed by atoms with Gasteiger partial charge in [0.1, 0.15) is 0 Å². The summed E-state index contributed by atoms with van der Waals surface area (Å²) in [6.07, 6.45) is 1.41. The van der Waals surface area contributed by atoms with E-state index in [1.165, 1.54) is 0 Å². The standard InChI is InChI=1S/C21H23BrN2O2/c1-15(16-5-3-2-4-6-16)23-20(25)17-11-13-24(14-12-17)21(26)18-7-9-19(22)10-8-18/h2-10,15,17H,11-14H2,1H3,(H,23,25). The number of amides is 2. The molecule has 1 aliphatic rings. The van der Waals surface area contributed by atoms with Crippen LogP contribution in [0.1, 0.15) is 41.7 Å². The Morgan fingerprint density at radius 1 is 1.04 bits per heavy atom. The molecule has 0 aromatic heterocycles. The molecule has 1 saturated heterocycles. The Morgan fingerprint density at radius 3 is 2.27 bits per heavy atom. The topological polar surface area (TPSA) is 49.4 Å². The monoisotopic (exact) mass is 414 g/mol. The summed E-state index contributed by atoms with van der Waals surface area (Å²) in [7, 11) is 0. The fraction of sp³-hybridized carbons (Fsp3) is 0.333. The van der Waals surface area contributed by atoms with Gasteiger partial charge in [0, 0.05) is 29.0 Å². The molecule has 0 bridgehead atoms. The van der Waals surface area contributed by atoms with Crippen LogP contribution in [0.5, 0.6) is 0 Å². The van der Waals surface area contributed by atoms with Crippen molar-refractivity contribution in [1.29, 1.82) is 0 Å². The van der Waals surface area contributed by atoms with Gasteiger partial charge in [-0.15, -0.1) is 0 Å². The maximum Gasteiger partial charge on any atom is 0.253 e. The fourth-order valence-corrected chi connectivity index (χ4v) is 3.54. The second-order valence-corrected chi connectivity index (χ2v) is 7.63. The van der Waals surface area contributed by atoms with Gasteiger partial charge in [-0.25, -0.2) is 0 Å². The SMILES string of the molecule is CC(NC(=O)C1CCN(C(=O)c2ccc(Br)cc2)CC1)c1ccccc1. The van der Waals surface area contributed by atoms with Gasteiger partial charge in [-0.3, -0.25) is 9.59 Å². The van der Waals surface area contributed by atoms with Crippen LogP contribution in [0.25, 0.3) is 0 Å². The van der Waals surface area contributed by atoms with Gasteiger partial charge in [0.25, 0.3) is 5.91 Å². The number of benzene rings is 2. The number of likely N-dealkylation sites (tertiary alicyclic amines) is 1. The second kappa shape index (κ2) is 8.49. The molecule has 2 aromatic rings. The molecule has 26 heavy (non-hydrogen) atoms. The summed E-state index contributed by atoms with van der Waals surface area (Å²) >= 11 is 3.38. The minimum absolute atomic E-state index is 0.00822. The zero-order chi connectivity index (χ0) is 18.5. The first-order chi connectivity index (χ1) is 12.5. The van der Waals surface area contributed by atoms with Crippen molar-refractivity contribution in [3.05, 3.63) is 70.2 Å². The minimum atomic E-state index is -0.0323. The van der Waals surface area contributed by atoms with E-state index in [1.54, 1.807) is 0 Å². The minimum Gasteiger partial charge on any atom is -0.349 e. The molecule has 2 aromatic carbocycles. The largest absolute Gasteiger partial charge is 0.349 e. The summed E-state index contributed by atoms with van der Waals surface area (Å²) in [6.45, 7) is 3.23. The van der Waals surface area contributed by atoms with Gasteiger partial charge in [0.15, 0.2) is 0 Å². The molecule has 0 aliphatic carbocycles. The molecule has 0 spiro atoms. The summed E-state index contributed by atoms with van der Waals surface area (Å²) in [5.41, 5.74) is 1.79. The normalized spacial score (nSPS) is 16.2. The van der Waals surface area contributed by atoms with Crippen molar-refractivity contribution in [2.75, 3.05) is 13.1 Å². The highest BCUT2D eigenvalue weighted by Gasteiger charge is 2.28. The highest BCUT2D eigenvalue weighted by molar-refractivity contribution is 9.10. The number of rotatable bonds is 4. The third-order valence-electron chi connectivity index (χ3n) is 4.90. The third kappa shape index (κ3) is 4.52. The Hall–Kier alpha value is -2.14. The first kappa shape index (κ1) is 18.6. The molecule has 1 N–H and O–H groups in total. The molecule has 3 rings (SSSR count). The molecule has 0 saturated carbocycles. The Bertz CT molecular complexity index is 753. The van der Waals surface area contributed by atoms with E-state index in [0.717, 1.165) is 10.0 Å². The van der Waals surface area contributed by atoms with Gasteiger partial charge in [0.2, 0.25) is 5.91 Å².